The van der Waals surface area contributed by atoms with Crippen LogP contribution in [0.15, 0.2) is 24.3 Å². The molecule has 4 heteroatoms. The Hall–Kier alpha value is -1.39. The molecule has 92 valence electrons. The van der Waals surface area contributed by atoms with Crippen molar-refractivity contribution < 1.29 is 9.90 Å². The quantitative estimate of drug-likeness (QED) is 0.814. The SMILES string of the molecule is Cc1cccc(CN2CCNCC2C(=O)O)c1. The predicted molar refractivity (Wildman–Crippen MR) is 65.9 cm³/mol. The van der Waals surface area contributed by atoms with Crippen molar-refractivity contribution in [1.82, 2.24) is 10.2 Å². The molecule has 0 spiro atoms. The second-order valence-electron chi connectivity index (χ2n) is 4.52. The van der Waals surface area contributed by atoms with Crippen molar-refractivity contribution in [3.63, 3.8) is 0 Å². The molecular formula is C13H18N2O2. The molecule has 1 atom stereocenters. The van der Waals surface area contributed by atoms with Crippen LogP contribution >= 0.6 is 0 Å². The number of piperazine rings is 1. The largest absolute Gasteiger partial charge is 0.480 e. The van der Waals surface area contributed by atoms with Crippen LogP contribution in [-0.4, -0.2) is 41.7 Å². The van der Waals surface area contributed by atoms with Gasteiger partial charge < -0.3 is 10.4 Å². The molecule has 1 aromatic carbocycles. The molecule has 2 N–H and O–H groups in total. The van der Waals surface area contributed by atoms with Crippen molar-refractivity contribution in [2.24, 2.45) is 0 Å². The molecule has 1 aliphatic rings. The number of hydrogen-bond acceptors (Lipinski definition) is 3. The van der Waals surface area contributed by atoms with Gasteiger partial charge in [0, 0.05) is 26.2 Å². The Morgan fingerprint density at radius 2 is 2.41 bits per heavy atom. The minimum absolute atomic E-state index is 0.413. The number of nitrogens with one attached hydrogen (secondary N) is 1. The number of benzene rings is 1. The van der Waals surface area contributed by atoms with E-state index in [-0.39, 0.29) is 0 Å². The zero-order valence-electron chi connectivity index (χ0n) is 10.0. The first-order valence-electron chi connectivity index (χ1n) is 5.90. The third kappa shape index (κ3) is 3.05. The lowest BCUT2D eigenvalue weighted by molar-refractivity contribution is -0.144. The van der Waals surface area contributed by atoms with Gasteiger partial charge in [-0.05, 0) is 12.5 Å². The molecule has 1 aromatic rings. The molecule has 1 aliphatic heterocycles. The average molecular weight is 234 g/mol. The number of carbonyl (C=O) groups is 1. The van der Waals surface area contributed by atoms with Crippen molar-refractivity contribution in [3.05, 3.63) is 35.4 Å². The standard InChI is InChI=1S/C13H18N2O2/c1-10-3-2-4-11(7-10)9-15-6-5-14-8-12(15)13(16)17/h2-4,7,12,14H,5-6,8-9H2,1H3,(H,16,17). The Kier molecular flexibility index (Phi) is 3.76. The highest BCUT2D eigenvalue weighted by atomic mass is 16.4. The Morgan fingerprint density at radius 3 is 3.12 bits per heavy atom. The average Bonchev–Trinajstić information content (AvgIpc) is 2.29. The molecule has 17 heavy (non-hydrogen) atoms. The van der Waals surface area contributed by atoms with Gasteiger partial charge in [-0.3, -0.25) is 9.69 Å². The Bertz CT molecular complexity index is 406. The van der Waals surface area contributed by atoms with E-state index in [1.54, 1.807) is 0 Å². The van der Waals surface area contributed by atoms with Gasteiger partial charge in [0.15, 0.2) is 0 Å². The van der Waals surface area contributed by atoms with E-state index in [1.165, 1.54) is 11.1 Å². The second kappa shape index (κ2) is 5.29. The van der Waals surface area contributed by atoms with E-state index in [9.17, 15) is 4.79 Å². The summed E-state index contributed by atoms with van der Waals surface area (Å²) in [7, 11) is 0. The molecule has 0 saturated carbocycles. The molecular weight excluding hydrogens is 216 g/mol. The Balaban J connectivity index is 2.08. The predicted octanol–water partition coefficient (Wildman–Crippen LogP) is 0.853. The third-order valence-electron chi connectivity index (χ3n) is 3.11. The lowest BCUT2D eigenvalue weighted by Gasteiger charge is -2.33. The van der Waals surface area contributed by atoms with Crippen LogP contribution in [0.4, 0.5) is 0 Å². The van der Waals surface area contributed by atoms with Gasteiger partial charge in [0.2, 0.25) is 0 Å². The van der Waals surface area contributed by atoms with Crippen molar-refractivity contribution in [1.29, 1.82) is 0 Å². The molecule has 1 fully saturated rings. The van der Waals surface area contributed by atoms with Crippen LogP contribution in [0.2, 0.25) is 0 Å². The highest BCUT2D eigenvalue weighted by Gasteiger charge is 2.27. The highest BCUT2D eigenvalue weighted by Crippen LogP contribution is 2.12. The zero-order valence-corrected chi connectivity index (χ0v) is 10.0. The number of aryl methyl sites for hydroxylation is 1. The van der Waals surface area contributed by atoms with Gasteiger partial charge in [-0.25, -0.2) is 0 Å². The molecule has 0 amide bonds. The summed E-state index contributed by atoms with van der Waals surface area (Å²) < 4.78 is 0. The van der Waals surface area contributed by atoms with Gasteiger partial charge in [0.05, 0.1) is 0 Å². The maximum absolute atomic E-state index is 11.1. The van der Waals surface area contributed by atoms with E-state index in [0.717, 1.165) is 13.1 Å². The van der Waals surface area contributed by atoms with E-state index in [4.69, 9.17) is 5.11 Å². The fraction of sp³-hybridized carbons (Fsp3) is 0.462. The van der Waals surface area contributed by atoms with Gasteiger partial charge in [-0.1, -0.05) is 29.8 Å². The summed E-state index contributed by atoms with van der Waals surface area (Å²) in [5.41, 5.74) is 2.39. The van der Waals surface area contributed by atoms with Crippen molar-refractivity contribution in [2.75, 3.05) is 19.6 Å². The number of nitrogens with zero attached hydrogens (tertiary/aromatic N) is 1. The van der Waals surface area contributed by atoms with Crippen LogP contribution in [0.1, 0.15) is 11.1 Å². The van der Waals surface area contributed by atoms with E-state index in [0.29, 0.717) is 13.1 Å². The summed E-state index contributed by atoms with van der Waals surface area (Å²) in [6.07, 6.45) is 0. The first kappa shape index (κ1) is 12.1. The molecule has 2 rings (SSSR count). The van der Waals surface area contributed by atoms with Crippen molar-refractivity contribution in [2.45, 2.75) is 19.5 Å². The van der Waals surface area contributed by atoms with E-state index in [2.05, 4.69) is 24.4 Å². The monoisotopic (exact) mass is 234 g/mol. The van der Waals surface area contributed by atoms with Crippen molar-refractivity contribution >= 4 is 5.97 Å². The van der Waals surface area contributed by atoms with E-state index in [1.807, 2.05) is 17.0 Å². The molecule has 4 nitrogen and oxygen atoms in total. The number of aliphatic carboxylic acids is 1. The van der Waals surface area contributed by atoms with Gasteiger partial charge >= 0.3 is 5.97 Å². The first-order chi connectivity index (χ1) is 8.16. The Labute approximate surface area is 101 Å². The fourth-order valence-electron chi connectivity index (χ4n) is 2.22. The van der Waals surface area contributed by atoms with Crippen LogP contribution in [0, 0.1) is 6.92 Å². The maximum Gasteiger partial charge on any atom is 0.322 e. The van der Waals surface area contributed by atoms with Gasteiger partial charge in [0.25, 0.3) is 0 Å². The summed E-state index contributed by atoms with van der Waals surface area (Å²) in [4.78, 5) is 13.2. The minimum atomic E-state index is -0.746. The van der Waals surface area contributed by atoms with E-state index >= 15 is 0 Å². The molecule has 0 bridgehead atoms. The smallest absolute Gasteiger partial charge is 0.322 e. The first-order valence-corrected chi connectivity index (χ1v) is 5.90. The molecule has 1 unspecified atom stereocenters. The number of carboxylic acids is 1. The summed E-state index contributed by atoms with van der Waals surface area (Å²) in [5, 5.41) is 12.3. The molecule has 0 aromatic heterocycles. The number of hydrogen-bond donors (Lipinski definition) is 2. The van der Waals surface area contributed by atoms with Crippen LogP contribution in [-0.2, 0) is 11.3 Å². The van der Waals surface area contributed by atoms with Gasteiger partial charge in [-0.2, -0.15) is 0 Å². The normalized spacial score (nSPS) is 21.4. The number of carboxylic acid groups (broad SMARTS) is 1. The Morgan fingerprint density at radius 1 is 1.59 bits per heavy atom. The molecule has 1 saturated heterocycles. The lowest BCUT2D eigenvalue weighted by atomic mass is 10.1. The fourth-order valence-corrected chi connectivity index (χ4v) is 2.22. The van der Waals surface area contributed by atoms with Crippen LogP contribution < -0.4 is 5.32 Å². The topological polar surface area (TPSA) is 52.6 Å². The van der Waals surface area contributed by atoms with Crippen LogP contribution in [0.5, 0.6) is 0 Å². The maximum atomic E-state index is 11.1. The van der Waals surface area contributed by atoms with Gasteiger partial charge in [0.1, 0.15) is 6.04 Å². The van der Waals surface area contributed by atoms with Crippen LogP contribution in [0.25, 0.3) is 0 Å². The summed E-state index contributed by atoms with van der Waals surface area (Å²) in [5.74, 6) is -0.746. The molecule has 0 aliphatic carbocycles. The lowest BCUT2D eigenvalue weighted by Crippen LogP contribution is -2.54. The highest BCUT2D eigenvalue weighted by molar-refractivity contribution is 5.74. The molecule has 1 heterocycles. The van der Waals surface area contributed by atoms with Gasteiger partial charge in [-0.15, -0.1) is 0 Å². The minimum Gasteiger partial charge on any atom is -0.480 e. The summed E-state index contributed by atoms with van der Waals surface area (Å²) in [6, 6.07) is 7.82. The van der Waals surface area contributed by atoms with Crippen LogP contribution in [0.3, 0.4) is 0 Å². The molecule has 0 radical (unpaired) electrons. The summed E-state index contributed by atoms with van der Waals surface area (Å²) in [6.45, 7) is 4.93. The van der Waals surface area contributed by atoms with Crippen molar-refractivity contribution in [3.8, 4) is 0 Å². The summed E-state index contributed by atoms with van der Waals surface area (Å²) >= 11 is 0. The third-order valence-corrected chi connectivity index (χ3v) is 3.11. The zero-order chi connectivity index (χ0) is 12.3. The van der Waals surface area contributed by atoms with E-state index < -0.39 is 12.0 Å². The second-order valence-corrected chi connectivity index (χ2v) is 4.52. The number of rotatable bonds is 3.